The number of pyridine rings is 1. The maximum atomic E-state index is 13.6. The smallest absolute Gasteiger partial charge is 0.398 e. The van der Waals surface area contributed by atoms with Crippen molar-refractivity contribution in [3.05, 3.63) is 28.2 Å². The lowest BCUT2D eigenvalue weighted by Crippen LogP contribution is -2.50. The Kier molecular flexibility index (Phi) is 5.49. The van der Waals surface area contributed by atoms with E-state index < -0.39 is 23.7 Å². The van der Waals surface area contributed by atoms with Crippen LogP contribution in [0.4, 0.5) is 18.9 Å². The molecule has 1 aromatic heterocycles. The predicted octanol–water partition coefficient (Wildman–Crippen LogP) is 2.54. The molecule has 1 aromatic rings. The molecule has 156 valence electrons. The van der Waals surface area contributed by atoms with Gasteiger partial charge in [0.25, 0.3) is 5.56 Å². The molecule has 2 fully saturated rings. The fourth-order valence-electron chi connectivity index (χ4n) is 4.05. The molecule has 6 nitrogen and oxygen atoms in total. The molecule has 2 aliphatic rings. The lowest BCUT2D eigenvalue weighted by molar-refractivity contribution is -0.171. The minimum atomic E-state index is -4.27. The van der Waals surface area contributed by atoms with Crippen LogP contribution in [0.25, 0.3) is 0 Å². The Hall–Kier alpha value is -2.03. The third-order valence-electron chi connectivity index (χ3n) is 6.03. The summed E-state index contributed by atoms with van der Waals surface area (Å²) in [4.78, 5) is 18.8. The molecule has 0 aliphatic heterocycles. The van der Waals surface area contributed by atoms with Crippen molar-refractivity contribution < 1.29 is 13.2 Å². The number of aliphatic imine (C=N–C) groups is 1. The Balaban J connectivity index is 1.65. The molecule has 9 heteroatoms. The summed E-state index contributed by atoms with van der Waals surface area (Å²) < 4.78 is 40.8. The van der Waals surface area contributed by atoms with Crippen molar-refractivity contribution in [3.63, 3.8) is 0 Å². The molecule has 3 rings (SSSR count). The summed E-state index contributed by atoms with van der Waals surface area (Å²) in [5, 5.41) is 2.84. The van der Waals surface area contributed by atoms with Gasteiger partial charge in [-0.25, -0.2) is 0 Å². The first kappa shape index (κ1) is 20.7. The minimum absolute atomic E-state index is 0.0352. The lowest BCUT2D eigenvalue weighted by Gasteiger charge is -2.35. The summed E-state index contributed by atoms with van der Waals surface area (Å²) >= 11 is 0. The largest absolute Gasteiger partial charge is 0.404 e. The van der Waals surface area contributed by atoms with Gasteiger partial charge in [-0.1, -0.05) is 13.8 Å². The fraction of sp³-hybridized carbons (Fsp3) is 0.684. The van der Waals surface area contributed by atoms with E-state index in [-0.39, 0.29) is 34.6 Å². The van der Waals surface area contributed by atoms with Gasteiger partial charge >= 0.3 is 6.18 Å². The van der Waals surface area contributed by atoms with Gasteiger partial charge < -0.3 is 21.8 Å². The van der Waals surface area contributed by atoms with E-state index >= 15 is 0 Å². The van der Waals surface area contributed by atoms with E-state index in [2.05, 4.69) is 15.3 Å². The maximum absolute atomic E-state index is 13.6. The molecule has 2 aliphatic carbocycles. The van der Waals surface area contributed by atoms with Crippen LogP contribution in [0.15, 0.2) is 22.1 Å². The van der Waals surface area contributed by atoms with Gasteiger partial charge in [-0.15, -0.1) is 0 Å². The number of nitrogens with zero attached hydrogens (tertiary/aromatic N) is 1. The maximum Gasteiger partial charge on any atom is 0.404 e. The fourth-order valence-corrected chi connectivity index (χ4v) is 4.05. The first-order valence-corrected chi connectivity index (χ1v) is 9.62. The molecule has 0 radical (unpaired) electrons. The number of hydrogen-bond donors (Lipinski definition) is 4. The number of amidine groups is 1. The van der Waals surface area contributed by atoms with Crippen LogP contribution < -0.4 is 22.3 Å². The van der Waals surface area contributed by atoms with Crippen molar-refractivity contribution in [3.8, 4) is 0 Å². The van der Waals surface area contributed by atoms with Crippen molar-refractivity contribution in [2.75, 3.05) is 5.73 Å². The van der Waals surface area contributed by atoms with E-state index in [4.69, 9.17) is 11.5 Å². The highest BCUT2D eigenvalue weighted by Crippen LogP contribution is 2.47. The number of aromatic amines is 1. The highest BCUT2D eigenvalue weighted by Gasteiger charge is 2.53. The van der Waals surface area contributed by atoms with Gasteiger partial charge in [-0.3, -0.25) is 9.79 Å². The molecule has 2 unspecified atom stereocenters. The standard InChI is InChI=1S/C19H28F3N5O/c1-18(2)9-13(18)27-15(19(20,21)22)10-3-5-11(6-4-10)26-16(24)14-12(23)7-8-25-17(14)28/h7-8,10-11,13,15,27H,3-6,9H2,1-2H3,(H2,24,26)(H3,23,25,28). The van der Waals surface area contributed by atoms with Crippen molar-refractivity contribution in [1.82, 2.24) is 10.3 Å². The molecule has 0 saturated heterocycles. The first-order chi connectivity index (χ1) is 13.0. The zero-order chi connectivity index (χ0) is 20.7. The van der Waals surface area contributed by atoms with Gasteiger partial charge in [-0.2, -0.15) is 13.2 Å². The molecular weight excluding hydrogens is 371 g/mol. The second kappa shape index (κ2) is 7.42. The molecule has 6 N–H and O–H groups in total. The SMILES string of the molecule is CC1(C)CC1NC(C1CCC(N=C(N)c2c(N)cc[nH]c2=O)CC1)C(F)(F)F. The average molecular weight is 399 g/mol. The van der Waals surface area contributed by atoms with Crippen LogP contribution >= 0.6 is 0 Å². The Morgan fingerprint density at radius 1 is 1.32 bits per heavy atom. The van der Waals surface area contributed by atoms with Crippen molar-refractivity contribution in [2.24, 2.45) is 22.1 Å². The number of hydrogen-bond acceptors (Lipinski definition) is 4. The topological polar surface area (TPSA) is 109 Å². The van der Waals surface area contributed by atoms with Gasteiger partial charge in [0.2, 0.25) is 0 Å². The van der Waals surface area contributed by atoms with Crippen LogP contribution in [0.1, 0.15) is 51.5 Å². The zero-order valence-electron chi connectivity index (χ0n) is 16.1. The van der Waals surface area contributed by atoms with Gasteiger partial charge in [-0.05, 0) is 49.5 Å². The van der Waals surface area contributed by atoms with Gasteiger partial charge in [0.1, 0.15) is 17.4 Å². The van der Waals surface area contributed by atoms with Crippen LogP contribution in [0, 0.1) is 11.3 Å². The predicted molar refractivity (Wildman–Crippen MR) is 103 cm³/mol. The summed E-state index contributed by atoms with van der Waals surface area (Å²) in [7, 11) is 0. The third kappa shape index (κ3) is 4.51. The van der Waals surface area contributed by atoms with Crippen LogP contribution in [-0.4, -0.2) is 35.1 Å². The normalized spacial score (nSPS) is 28.8. The Labute approximate surface area is 162 Å². The number of nitrogen functional groups attached to an aromatic ring is 1. The van der Waals surface area contributed by atoms with E-state index in [0.717, 1.165) is 6.42 Å². The van der Waals surface area contributed by atoms with Gasteiger partial charge in [0, 0.05) is 17.9 Å². The number of H-pyrrole nitrogens is 1. The highest BCUT2D eigenvalue weighted by molar-refractivity contribution is 6.01. The molecule has 0 spiro atoms. The van der Waals surface area contributed by atoms with Gasteiger partial charge in [0.05, 0.1) is 6.04 Å². The van der Waals surface area contributed by atoms with E-state index in [1.54, 1.807) is 0 Å². The number of aromatic nitrogens is 1. The third-order valence-corrected chi connectivity index (χ3v) is 6.03. The molecule has 0 amide bonds. The monoisotopic (exact) mass is 399 g/mol. The average Bonchev–Trinajstić information content (AvgIpc) is 3.19. The minimum Gasteiger partial charge on any atom is -0.398 e. The van der Waals surface area contributed by atoms with Crippen LogP contribution in [-0.2, 0) is 0 Å². The zero-order valence-corrected chi connectivity index (χ0v) is 16.1. The summed E-state index contributed by atoms with van der Waals surface area (Å²) in [6.45, 7) is 3.95. The van der Waals surface area contributed by atoms with Crippen LogP contribution in [0.5, 0.6) is 0 Å². The van der Waals surface area contributed by atoms with Crippen molar-refractivity contribution >= 4 is 11.5 Å². The number of alkyl halides is 3. The molecule has 28 heavy (non-hydrogen) atoms. The van der Waals surface area contributed by atoms with Crippen molar-refractivity contribution in [1.29, 1.82) is 0 Å². The quantitative estimate of drug-likeness (QED) is 0.451. The molecule has 2 atom stereocenters. The number of nitrogens with one attached hydrogen (secondary N) is 2. The van der Waals surface area contributed by atoms with Crippen molar-refractivity contribution in [2.45, 2.75) is 70.3 Å². The number of halogens is 3. The van der Waals surface area contributed by atoms with Crippen LogP contribution in [0.2, 0.25) is 0 Å². The number of rotatable bonds is 5. The lowest BCUT2D eigenvalue weighted by atomic mass is 9.81. The molecule has 1 heterocycles. The van der Waals surface area contributed by atoms with E-state index in [0.29, 0.717) is 25.7 Å². The van der Waals surface area contributed by atoms with E-state index in [1.807, 2.05) is 13.8 Å². The number of nitrogens with two attached hydrogens (primary N) is 2. The Bertz CT molecular complexity index is 793. The highest BCUT2D eigenvalue weighted by atomic mass is 19.4. The Morgan fingerprint density at radius 2 is 1.93 bits per heavy atom. The Morgan fingerprint density at radius 3 is 2.43 bits per heavy atom. The number of anilines is 1. The summed E-state index contributed by atoms with van der Waals surface area (Å²) in [5.74, 6) is -0.442. The van der Waals surface area contributed by atoms with Crippen LogP contribution in [0.3, 0.4) is 0 Å². The first-order valence-electron chi connectivity index (χ1n) is 9.62. The summed E-state index contributed by atoms with van der Waals surface area (Å²) in [5.41, 5.74) is 11.6. The van der Waals surface area contributed by atoms with E-state index in [9.17, 15) is 18.0 Å². The molecule has 0 bridgehead atoms. The summed E-state index contributed by atoms with van der Waals surface area (Å²) in [6, 6.07) is -0.261. The molecule has 0 aromatic carbocycles. The van der Waals surface area contributed by atoms with E-state index in [1.165, 1.54) is 12.3 Å². The molecular formula is C19H28F3N5O. The van der Waals surface area contributed by atoms with Gasteiger partial charge in [0.15, 0.2) is 0 Å². The summed E-state index contributed by atoms with van der Waals surface area (Å²) in [6.07, 6.45) is -0.270. The second-order valence-electron chi connectivity index (χ2n) is 8.65. The molecule has 2 saturated carbocycles. The second-order valence-corrected chi connectivity index (χ2v) is 8.65.